The van der Waals surface area contributed by atoms with Crippen molar-refractivity contribution in [2.75, 3.05) is 0 Å². The second-order valence-electron chi connectivity index (χ2n) is 2.74. The Bertz CT molecular complexity index is 297. The normalized spacial score (nSPS) is 21.4. The predicted octanol–water partition coefficient (Wildman–Crippen LogP) is 1.30. The maximum absolute atomic E-state index is 12.2. The molecule has 0 N–H and O–H groups in total. The van der Waals surface area contributed by atoms with Crippen LogP contribution in [0.5, 0.6) is 0 Å². The monoisotopic (exact) mass is 252 g/mol. The lowest BCUT2D eigenvalue weighted by molar-refractivity contribution is -0.448. The quantitative estimate of drug-likeness (QED) is 0.370. The van der Waals surface area contributed by atoms with Crippen molar-refractivity contribution in [3.05, 3.63) is 0 Å². The van der Waals surface area contributed by atoms with Crippen LogP contribution in [-0.4, -0.2) is 30.1 Å². The minimum Gasteiger partial charge on any atom is -0.406 e. The fourth-order valence-electron chi connectivity index (χ4n) is 0.924. The van der Waals surface area contributed by atoms with Crippen molar-refractivity contribution in [2.24, 2.45) is 0 Å². The predicted molar refractivity (Wildman–Crippen MR) is 31.6 cm³/mol. The third kappa shape index (κ3) is 1.78. The molecule has 0 bridgehead atoms. The molecule has 0 aliphatic carbocycles. The van der Waals surface area contributed by atoms with Crippen molar-refractivity contribution in [2.45, 2.75) is 24.6 Å². The summed E-state index contributed by atoms with van der Waals surface area (Å²) in [5.41, 5.74) is 0. The number of cyclic esters (lactones) is 2. The van der Waals surface area contributed by atoms with E-state index in [-0.39, 0.29) is 0 Å². The molecule has 1 rings (SSSR count). The standard InChI is InChI=1S/C6H2F6O4/c7-5(8,9)4(6(10,11)12)15-2(13)1-3(14)16-4/h1H2. The Morgan fingerprint density at radius 1 is 0.875 bits per heavy atom. The molecule has 1 fully saturated rings. The molecular weight excluding hydrogens is 250 g/mol. The number of hydrogen-bond acceptors (Lipinski definition) is 4. The molecule has 16 heavy (non-hydrogen) atoms. The van der Waals surface area contributed by atoms with Crippen molar-refractivity contribution < 1.29 is 45.4 Å². The summed E-state index contributed by atoms with van der Waals surface area (Å²) in [7, 11) is 0. The van der Waals surface area contributed by atoms with E-state index < -0.39 is 36.5 Å². The van der Waals surface area contributed by atoms with Gasteiger partial charge in [0.25, 0.3) is 0 Å². The summed E-state index contributed by atoms with van der Waals surface area (Å²) in [6, 6.07) is 0. The fraction of sp³-hybridized carbons (Fsp3) is 0.667. The second-order valence-corrected chi connectivity index (χ2v) is 2.74. The van der Waals surface area contributed by atoms with Crippen LogP contribution in [0.2, 0.25) is 0 Å². The van der Waals surface area contributed by atoms with E-state index in [1.807, 2.05) is 0 Å². The Morgan fingerprint density at radius 3 is 1.44 bits per heavy atom. The summed E-state index contributed by atoms with van der Waals surface area (Å²) in [6.07, 6.45) is -13.5. The number of halogens is 6. The Morgan fingerprint density at radius 2 is 1.19 bits per heavy atom. The Hall–Kier alpha value is -1.48. The first kappa shape index (κ1) is 12.6. The summed E-state index contributed by atoms with van der Waals surface area (Å²) in [6.45, 7) is 0. The zero-order valence-electron chi connectivity index (χ0n) is 7.11. The van der Waals surface area contributed by atoms with Gasteiger partial charge in [-0.2, -0.15) is 26.3 Å². The van der Waals surface area contributed by atoms with Gasteiger partial charge in [-0.15, -0.1) is 0 Å². The molecular formula is C6H2F6O4. The lowest BCUT2D eigenvalue weighted by Gasteiger charge is -2.37. The number of rotatable bonds is 0. The van der Waals surface area contributed by atoms with E-state index >= 15 is 0 Å². The molecule has 0 aromatic carbocycles. The third-order valence-corrected chi connectivity index (χ3v) is 1.55. The average Bonchev–Trinajstić information content (AvgIpc) is 1.97. The molecule has 0 unspecified atom stereocenters. The fourth-order valence-corrected chi connectivity index (χ4v) is 0.924. The summed E-state index contributed by atoms with van der Waals surface area (Å²) >= 11 is 0. The molecule has 0 radical (unpaired) electrons. The molecule has 1 aliphatic rings. The smallest absolute Gasteiger partial charge is 0.406 e. The molecule has 0 atom stereocenters. The van der Waals surface area contributed by atoms with E-state index in [2.05, 4.69) is 9.47 Å². The molecule has 0 aromatic heterocycles. The number of carbonyl (C=O) groups excluding carboxylic acids is 2. The van der Waals surface area contributed by atoms with Crippen LogP contribution in [-0.2, 0) is 19.1 Å². The maximum Gasteiger partial charge on any atom is 0.478 e. The lowest BCUT2D eigenvalue weighted by atomic mass is 10.2. The van der Waals surface area contributed by atoms with Gasteiger partial charge in [-0.3, -0.25) is 9.59 Å². The summed E-state index contributed by atoms with van der Waals surface area (Å²) < 4.78 is 79.3. The molecule has 0 saturated carbocycles. The van der Waals surface area contributed by atoms with Crippen molar-refractivity contribution >= 4 is 11.9 Å². The van der Waals surface area contributed by atoms with Gasteiger partial charge in [0, 0.05) is 0 Å². The lowest BCUT2D eigenvalue weighted by Crippen LogP contribution is -2.64. The first-order chi connectivity index (χ1) is 6.99. The van der Waals surface area contributed by atoms with Crippen LogP contribution in [0.15, 0.2) is 0 Å². The molecule has 10 heteroatoms. The average molecular weight is 252 g/mol. The van der Waals surface area contributed by atoms with Crippen molar-refractivity contribution in [3.63, 3.8) is 0 Å². The van der Waals surface area contributed by atoms with E-state index in [0.29, 0.717) is 0 Å². The molecule has 0 amide bonds. The largest absolute Gasteiger partial charge is 0.478 e. The zero-order valence-corrected chi connectivity index (χ0v) is 7.11. The van der Waals surface area contributed by atoms with E-state index in [1.165, 1.54) is 0 Å². The number of alkyl halides is 6. The summed E-state index contributed by atoms with van der Waals surface area (Å²) in [5.74, 6) is -9.11. The van der Waals surface area contributed by atoms with Gasteiger partial charge in [0.15, 0.2) is 0 Å². The molecule has 1 aliphatic heterocycles. The van der Waals surface area contributed by atoms with Crippen LogP contribution >= 0.6 is 0 Å². The van der Waals surface area contributed by atoms with Crippen LogP contribution < -0.4 is 0 Å². The Kier molecular flexibility index (Phi) is 2.56. The van der Waals surface area contributed by atoms with Crippen molar-refractivity contribution in [3.8, 4) is 0 Å². The van der Waals surface area contributed by atoms with Crippen LogP contribution in [0.3, 0.4) is 0 Å². The molecule has 1 heterocycles. The van der Waals surface area contributed by atoms with Crippen LogP contribution in [0.1, 0.15) is 6.42 Å². The highest BCUT2D eigenvalue weighted by molar-refractivity contribution is 5.93. The van der Waals surface area contributed by atoms with Gasteiger partial charge in [0.1, 0.15) is 6.42 Å². The highest BCUT2D eigenvalue weighted by Crippen LogP contribution is 2.48. The topological polar surface area (TPSA) is 52.6 Å². The second kappa shape index (κ2) is 3.25. The summed E-state index contributed by atoms with van der Waals surface area (Å²) in [4.78, 5) is 20.9. The first-order valence-electron chi connectivity index (χ1n) is 3.57. The van der Waals surface area contributed by atoms with Crippen LogP contribution in [0.4, 0.5) is 26.3 Å². The minimum atomic E-state index is -6.10. The highest BCUT2D eigenvalue weighted by atomic mass is 19.4. The zero-order chi connectivity index (χ0) is 12.8. The number of esters is 2. The molecule has 1 saturated heterocycles. The first-order valence-corrected chi connectivity index (χ1v) is 3.57. The minimum absolute atomic E-state index is 1.30. The molecule has 92 valence electrons. The summed E-state index contributed by atoms with van der Waals surface area (Å²) in [5, 5.41) is 0. The maximum atomic E-state index is 12.2. The number of ether oxygens (including phenoxy) is 2. The molecule has 0 aromatic rings. The van der Waals surface area contributed by atoms with Crippen molar-refractivity contribution in [1.29, 1.82) is 0 Å². The van der Waals surface area contributed by atoms with Gasteiger partial charge in [-0.05, 0) is 0 Å². The van der Waals surface area contributed by atoms with Gasteiger partial charge < -0.3 is 9.47 Å². The van der Waals surface area contributed by atoms with Gasteiger partial charge in [-0.1, -0.05) is 0 Å². The Labute approximate surface area is 83.1 Å². The third-order valence-electron chi connectivity index (χ3n) is 1.55. The number of carbonyl (C=O) groups is 2. The number of hydrogen-bond donors (Lipinski definition) is 0. The van der Waals surface area contributed by atoms with Gasteiger partial charge in [0.2, 0.25) is 0 Å². The van der Waals surface area contributed by atoms with E-state index in [0.717, 1.165) is 0 Å². The van der Waals surface area contributed by atoms with E-state index in [1.54, 1.807) is 0 Å². The van der Waals surface area contributed by atoms with Crippen LogP contribution in [0, 0.1) is 0 Å². The van der Waals surface area contributed by atoms with E-state index in [9.17, 15) is 35.9 Å². The van der Waals surface area contributed by atoms with Gasteiger partial charge >= 0.3 is 30.1 Å². The van der Waals surface area contributed by atoms with Gasteiger partial charge in [-0.25, -0.2) is 0 Å². The molecule has 4 nitrogen and oxygen atoms in total. The van der Waals surface area contributed by atoms with E-state index in [4.69, 9.17) is 0 Å². The molecule has 0 spiro atoms. The SMILES string of the molecule is O=C1CC(=O)OC(C(F)(F)F)(C(F)(F)F)O1. The highest BCUT2D eigenvalue weighted by Gasteiger charge is 2.79. The Balaban J connectivity index is 3.25. The van der Waals surface area contributed by atoms with Gasteiger partial charge in [0.05, 0.1) is 0 Å². The van der Waals surface area contributed by atoms with Crippen molar-refractivity contribution in [1.82, 2.24) is 0 Å². The van der Waals surface area contributed by atoms with Crippen LogP contribution in [0.25, 0.3) is 0 Å².